The Labute approximate surface area is 177 Å². The van der Waals surface area contributed by atoms with Gasteiger partial charge in [-0.3, -0.25) is 4.98 Å². The third kappa shape index (κ3) is 4.86. The van der Waals surface area contributed by atoms with Crippen LogP contribution in [0.4, 0.5) is 0 Å². The molecule has 164 valence electrons. The Bertz CT molecular complexity index is 1090. The van der Waals surface area contributed by atoms with Crippen molar-refractivity contribution in [2.45, 2.75) is 59.5 Å². The Balaban J connectivity index is 1.73. The summed E-state index contributed by atoms with van der Waals surface area (Å²) in [5, 5.41) is 3.94. The van der Waals surface area contributed by atoms with Crippen molar-refractivity contribution >= 4 is 21.1 Å². The quantitative estimate of drug-likeness (QED) is 0.482. The third-order valence-electron chi connectivity index (χ3n) is 5.18. The van der Waals surface area contributed by atoms with E-state index >= 15 is 0 Å². The number of imidazole rings is 1. The Morgan fingerprint density at radius 1 is 1.27 bits per heavy atom. The lowest BCUT2D eigenvalue weighted by molar-refractivity contribution is 0.246. The minimum atomic E-state index is -3.51. The van der Waals surface area contributed by atoms with Gasteiger partial charge in [0.05, 0.1) is 17.5 Å². The summed E-state index contributed by atoms with van der Waals surface area (Å²) in [6.45, 7) is 8.51. The molecular formula is C20H30N6O3S. The molecule has 0 saturated heterocycles. The van der Waals surface area contributed by atoms with Crippen molar-refractivity contribution in [2.24, 2.45) is 5.92 Å². The summed E-state index contributed by atoms with van der Waals surface area (Å²) in [5.74, 6) is 2.09. The van der Waals surface area contributed by atoms with E-state index in [1.54, 1.807) is 19.4 Å². The number of rotatable bonds is 10. The number of hydrogen-bond donors (Lipinski definition) is 0. The summed E-state index contributed by atoms with van der Waals surface area (Å²) in [5.41, 5.74) is 1.78. The average molecular weight is 435 g/mol. The second kappa shape index (κ2) is 9.22. The summed E-state index contributed by atoms with van der Waals surface area (Å²) in [7, 11) is -1.91. The van der Waals surface area contributed by atoms with Gasteiger partial charge in [0.2, 0.25) is 15.9 Å². The Kier molecular flexibility index (Phi) is 6.87. The highest BCUT2D eigenvalue weighted by atomic mass is 32.2. The fourth-order valence-corrected chi connectivity index (χ4v) is 4.87. The van der Waals surface area contributed by atoms with Gasteiger partial charge in [0, 0.05) is 26.2 Å². The van der Waals surface area contributed by atoms with Gasteiger partial charge in [0.25, 0.3) is 0 Å². The van der Waals surface area contributed by atoms with Crippen LogP contribution < -0.4 is 0 Å². The number of aryl methyl sites for hydroxylation is 3. The predicted molar refractivity (Wildman–Crippen MR) is 114 cm³/mol. The fourth-order valence-electron chi connectivity index (χ4n) is 3.53. The minimum absolute atomic E-state index is 0.0249. The highest BCUT2D eigenvalue weighted by Gasteiger charge is 2.32. The van der Waals surface area contributed by atoms with Crippen LogP contribution in [-0.2, 0) is 23.0 Å². The van der Waals surface area contributed by atoms with E-state index < -0.39 is 16.1 Å². The molecule has 3 aromatic rings. The molecule has 0 N–H and O–H groups in total. The first-order valence-electron chi connectivity index (χ1n) is 10.3. The summed E-state index contributed by atoms with van der Waals surface area (Å²) in [4.78, 5) is 13.0. The SMILES string of the molecule is CCc1noc(C(CC(C)C)N(C)S(=O)(=O)CCCn2c(C)nc3cnccc32)n1. The van der Waals surface area contributed by atoms with Crippen LogP contribution in [0.2, 0.25) is 0 Å². The van der Waals surface area contributed by atoms with E-state index in [4.69, 9.17) is 4.52 Å². The smallest absolute Gasteiger partial charge is 0.245 e. The van der Waals surface area contributed by atoms with E-state index in [1.807, 2.05) is 38.3 Å². The van der Waals surface area contributed by atoms with Gasteiger partial charge in [-0.05, 0) is 31.7 Å². The molecule has 30 heavy (non-hydrogen) atoms. The maximum Gasteiger partial charge on any atom is 0.245 e. The number of hydrogen-bond acceptors (Lipinski definition) is 7. The van der Waals surface area contributed by atoms with Crippen molar-refractivity contribution < 1.29 is 12.9 Å². The Morgan fingerprint density at radius 2 is 2.03 bits per heavy atom. The maximum absolute atomic E-state index is 13.1. The molecule has 3 heterocycles. The molecule has 0 aromatic carbocycles. The van der Waals surface area contributed by atoms with Crippen LogP contribution in [0, 0.1) is 12.8 Å². The molecule has 0 spiro atoms. The van der Waals surface area contributed by atoms with Crippen LogP contribution in [0.5, 0.6) is 0 Å². The number of nitrogens with zero attached hydrogens (tertiary/aromatic N) is 6. The first kappa shape index (κ1) is 22.4. The van der Waals surface area contributed by atoms with Gasteiger partial charge in [-0.25, -0.2) is 13.4 Å². The van der Waals surface area contributed by atoms with Crippen molar-refractivity contribution in [2.75, 3.05) is 12.8 Å². The van der Waals surface area contributed by atoms with Gasteiger partial charge in [0.1, 0.15) is 17.4 Å². The van der Waals surface area contributed by atoms with E-state index in [1.165, 1.54) is 4.31 Å². The highest BCUT2D eigenvalue weighted by Crippen LogP contribution is 2.28. The Hall–Kier alpha value is -2.33. The second-order valence-electron chi connectivity index (χ2n) is 7.91. The van der Waals surface area contributed by atoms with Crippen LogP contribution in [0.1, 0.15) is 57.2 Å². The van der Waals surface area contributed by atoms with Crippen molar-refractivity contribution in [3.05, 3.63) is 36.0 Å². The molecule has 3 aromatic heterocycles. The molecule has 0 fully saturated rings. The largest absolute Gasteiger partial charge is 0.338 e. The lowest BCUT2D eigenvalue weighted by atomic mass is 10.0. The average Bonchev–Trinajstić information content (AvgIpc) is 3.30. The minimum Gasteiger partial charge on any atom is -0.338 e. The molecular weight excluding hydrogens is 404 g/mol. The molecule has 0 saturated carbocycles. The molecule has 1 unspecified atom stereocenters. The van der Waals surface area contributed by atoms with Crippen molar-refractivity contribution in [3.63, 3.8) is 0 Å². The normalized spacial score (nSPS) is 13.6. The molecule has 0 aliphatic heterocycles. The summed E-state index contributed by atoms with van der Waals surface area (Å²) in [6, 6.07) is 1.43. The molecule has 0 amide bonds. The van der Waals surface area contributed by atoms with Crippen molar-refractivity contribution in [3.8, 4) is 0 Å². The predicted octanol–water partition coefficient (Wildman–Crippen LogP) is 3.12. The van der Waals surface area contributed by atoms with E-state index in [-0.39, 0.29) is 11.7 Å². The number of sulfonamides is 1. The topological polar surface area (TPSA) is 107 Å². The van der Waals surface area contributed by atoms with E-state index in [2.05, 4.69) is 20.1 Å². The van der Waals surface area contributed by atoms with Crippen LogP contribution >= 0.6 is 0 Å². The van der Waals surface area contributed by atoms with Crippen LogP contribution in [0.15, 0.2) is 23.0 Å². The zero-order valence-electron chi connectivity index (χ0n) is 18.2. The highest BCUT2D eigenvalue weighted by molar-refractivity contribution is 7.89. The number of fused-ring (bicyclic) bond motifs is 1. The Morgan fingerprint density at radius 3 is 2.70 bits per heavy atom. The van der Waals surface area contributed by atoms with Gasteiger partial charge in [-0.2, -0.15) is 9.29 Å². The molecule has 0 bridgehead atoms. The van der Waals surface area contributed by atoms with Gasteiger partial charge < -0.3 is 9.09 Å². The molecule has 1 atom stereocenters. The monoisotopic (exact) mass is 434 g/mol. The number of aromatic nitrogens is 5. The van der Waals surface area contributed by atoms with Crippen molar-refractivity contribution in [1.29, 1.82) is 0 Å². The van der Waals surface area contributed by atoms with Gasteiger partial charge in [-0.1, -0.05) is 25.9 Å². The lowest BCUT2D eigenvalue weighted by Gasteiger charge is -2.26. The first-order valence-corrected chi connectivity index (χ1v) is 11.9. The second-order valence-corrected chi connectivity index (χ2v) is 10.1. The van der Waals surface area contributed by atoms with E-state index in [0.29, 0.717) is 37.5 Å². The molecule has 0 radical (unpaired) electrons. The zero-order chi connectivity index (χ0) is 21.9. The van der Waals surface area contributed by atoms with Crippen LogP contribution in [0.25, 0.3) is 11.0 Å². The lowest BCUT2D eigenvalue weighted by Crippen LogP contribution is -2.34. The standard InChI is InChI=1S/C20H30N6O3S/c1-6-19-23-20(29-24-19)18(12-14(2)3)25(5)30(27,28)11-7-10-26-15(4)22-16-13-21-9-8-17(16)26/h8-9,13-14,18H,6-7,10-12H2,1-5H3. The zero-order valence-corrected chi connectivity index (χ0v) is 19.1. The summed E-state index contributed by atoms with van der Waals surface area (Å²) >= 11 is 0. The van der Waals surface area contributed by atoms with E-state index in [9.17, 15) is 8.42 Å². The maximum atomic E-state index is 13.1. The molecule has 3 rings (SSSR count). The van der Waals surface area contributed by atoms with Crippen LogP contribution in [-0.4, -0.2) is 50.2 Å². The molecule has 9 nitrogen and oxygen atoms in total. The van der Waals surface area contributed by atoms with Gasteiger partial charge in [0.15, 0.2) is 5.82 Å². The van der Waals surface area contributed by atoms with Gasteiger partial charge >= 0.3 is 0 Å². The first-order chi connectivity index (χ1) is 14.2. The fraction of sp³-hybridized carbons (Fsp3) is 0.600. The van der Waals surface area contributed by atoms with Crippen molar-refractivity contribution in [1.82, 2.24) is 29.0 Å². The summed E-state index contributed by atoms with van der Waals surface area (Å²) in [6.07, 6.45) is 5.16. The number of pyridine rings is 1. The third-order valence-corrected chi connectivity index (χ3v) is 7.12. The van der Waals surface area contributed by atoms with Gasteiger partial charge in [-0.15, -0.1) is 0 Å². The molecule has 10 heteroatoms. The molecule has 0 aliphatic carbocycles. The van der Waals surface area contributed by atoms with E-state index in [0.717, 1.165) is 16.9 Å². The molecule has 0 aliphatic rings. The summed E-state index contributed by atoms with van der Waals surface area (Å²) < 4.78 is 35.0. The van der Waals surface area contributed by atoms with Crippen LogP contribution in [0.3, 0.4) is 0 Å².